The molecule has 0 bridgehead atoms. The summed E-state index contributed by atoms with van der Waals surface area (Å²) >= 11 is 5.03. The second-order valence-electron chi connectivity index (χ2n) is 3.61. The minimum Gasteiger partial charge on any atom is -0.351 e. The summed E-state index contributed by atoms with van der Waals surface area (Å²) in [6.45, 7) is 2.13. The Balaban J connectivity index is 1.92. The number of halogens is 1. The molecule has 0 amide bonds. The molecule has 2 rings (SSSR count). The fourth-order valence-electron chi connectivity index (χ4n) is 1.42. The third-order valence-electron chi connectivity index (χ3n) is 2.12. The Morgan fingerprint density at radius 3 is 2.81 bits per heavy atom. The molecule has 1 unspecified atom stereocenters. The average Bonchev–Trinajstić information content (AvgIpc) is 2.74. The van der Waals surface area contributed by atoms with Crippen LogP contribution in [0.15, 0.2) is 33.7 Å². The molecule has 0 spiro atoms. The van der Waals surface area contributed by atoms with Crippen LogP contribution >= 0.6 is 27.3 Å². The van der Waals surface area contributed by atoms with Gasteiger partial charge in [-0.05, 0) is 51.7 Å². The van der Waals surface area contributed by atoms with E-state index in [0.717, 1.165) is 10.9 Å². The molecule has 0 saturated carbocycles. The Morgan fingerprint density at radius 2 is 2.19 bits per heavy atom. The maximum absolute atomic E-state index is 4.18. The van der Waals surface area contributed by atoms with Crippen molar-refractivity contribution in [2.24, 2.45) is 0 Å². The molecule has 0 aliphatic heterocycles. The van der Waals surface area contributed by atoms with Gasteiger partial charge in [-0.15, -0.1) is 0 Å². The largest absolute Gasteiger partial charge is 0.351 e. The van der Waals surface area contributed by atoms with Crippen molar-refractivity contribution in [3.05, 3.63) is 39.3 Å². The van der Waals surface area contributed by atoms with Crippen molar-refractivity contribution >= 4 is 33.2 Å². The minimum atomic E-state index is 0.329. The summed E-state index contributed by atoms with van der Waals surface area (Å²) in [5, 5.41) is 7.53. The predicted octanol–water partition coefficient (Wildman–Crippen LogP) is 3.34. The van der Waals surface area contributed by atoms with Crippen molar-refractivity contribution in [3.8, 4) is 0 Å². The normalized spacial score (nSPS) is 12.4. The lowest BCUT2D eigenvalue weighted by atomic mass is 10.1. The Labute approximate surface area is 107 Å². The van der Waals surface area contributed by atoms with Crippen LogP contribution in [0.3, 0.4) is 0 Å². The topological polar surface area (TPSA) is 37.8 Å². The van der Waals surface area contributed by atoms with Crippen LogP contribution in [0.25, 0.3) is 0 Å². The summed E-state index contributed by atoms with van der Waals surface area (Å²) in [5.41, 5.74) is 1.35. The highest BCUT2D eigenvalue weighted by Crippen LogP contribution is 2.11. The molecule has 2 heterocycles. The Hall–Kier alpha value is -0.940. The molecule has 2 aromatic heterocycles. The van der Waals surface area contributed by atoms with Crippen LogP contribution in [0, 0.1) is 0 Å². The van der Waals surface area contributed by atoms with Gasteiger partial charge in [0.2, 0.25) is 5.95 Å². The Bertz CT molecular complexity index is 427. The van der Waals surface area contributed by atoms with Gasteiger partial charge in [0.25, 0.3) is 0 Å². The standard InChI is InChI=1S/C11H12BrN3S/c1-8(4-9-2-3-16-7-9)15-11-13-5-10(12)6-14-11/h2-3,5-8H,4H2,1H3,(H,13,14,15). The van der Waals surface area contributed by atoms with Crippen molar-refractivity contribution < 1.29 is 0 Å². The fourth-order valence-corrected chi connectivity index (χ4v) is 2.31. The summed E-state index contributed by atoms with van der Waals surface area (Å²) < 4.78 is 0.892. The lowest BCUT2D eigenvalue weighted by Gasteiger charge is -2.12. The first-order valence-electron chi connectivity index (χ1n) is 4.99. The van der Waals surface area contributed by atoms with E-state index < -0.39 is 0 Å². The Kier molecular flexibility index (Phi) is 3.90. The number of hydrogen-bond donors (Lipinski definition) is 1. The van der Waals surface area contributed by atoms with Crippen LogP contribution in [-0.2, 0) is 6.42 Å². The van der Waals surface area contributed by atoms with E-state index in [0.29, 0.717) is 12.0 Å². The van der Waals surface area contributed by atoms with Crippen molar-refractivity contribution in [3.63, 3.8) is 0 Å². The van der Waals surface area contributed by atoms with Crippen molar-refractivity contribution in [2.75, 3.05) is 5.32 Å². The van der Waals surface area contributed by atoms with Crippen LogP contribution in [0.2, 0.25) is 0 Å². The maximum Gasteiger partial charge on any atom is 0.222 e. The molecule has 0 aliphatic carbocycles. The second kappa shape index (κ2) is 5.41. The lowest BCUT2D eigenvalue weighted by Crippen LogP contribution is -2.19. The SMILES string of the molecule is CC(Cc1ccsc1)Nc1ncc(Br)cn1. The molecule has 1 N–H and O–H groups in total. The third-order valence-corrected chi connectivity index (χ3v) is 3.26. The number of nitrogens with one attached hydrogen (secondary N) is 1. The molecule has 1 atom stereocenters. The van der Waals surface area contributed by atoms with E-state index in [-0.39, 0.29) is 0 Å². The van der Waals surface area contributed by atoms with Crippen molar-refractivity contribution in [1.29, 1.82) is 0 Å². The van der Waals surface area contributed by atoms with Crippen molar-refractivity contribution in [2.45, 2.75) is 19.4 Å². The van der Waals surface area contributed by atoms with E-state index >= 15 is 0 Å². The highest BCUT2D eigenvalue weighted by atomic mass is 79.9. The molecule has 0 aliphatic rings. The van der Waals surface area contributed by atoms with E-state index in [1.165, 1.54) is 5.56 Å². The third kappa shape index (κ3) is 3.28. The van der Waals surface area contributed by atoms with E-state index in [9.17, 15) is 0 Å². The molecule has 2 aromatic rings. The van der Waals surface area contributed by atoms with Gasteiger partial charge in [-0.3, -0.25) is 0 Å². The summed E-state index contributed by atoms with van der Waals surface area (Å²) in [7, 11) is 0. The van der Waals surface area contributed by atoms with E-state index in [4.69, 9.17) is 0 Å². The molecular formula is C11H12BrN3S. The molecule has 5 heteroatoms. The van der Waals surface area contributed by atoms with Crippen molar-refractivity contribution in [1.82, 2.24) is 9.97 Å². The zero-order valence-electron chi connectivity index (χ0n) is 8.85. The monoisotopic (exact) mass is 297 g/mol. The van der Waals surface area contributed by atoms with E-state index in [1.807, 2.05) is 0 Å². The van der Waals surface area contributed by atoms with Crippen LogP contribution in [0.4, 0.5) is 5.95 Å². The molecule has 0 fully saturated rings. The number of hydrogen-bond acceptors (Lipinski definition) is 4. The summed E-state index contributed by atoms with van der Waals surface area (Å²) in [4.78, 5) is 8.36. The summed E-state index contributed by atoms with van der Waals surface area (Å²) in [6.07, 6.45) is 4.47. The fraction of sp³-hybridized carbons (Fsp3) is 0.273. The van der Waals surface area contributed by atoms with Crippen LogP contribution in [0.1, 0.15) is 12.5 Å². The van der Waals surface area contributed by atoms with E-state index in [2.05, 4.69) is 55.0 Å². The van der Waals surface area contributed by atoms with Gasteiger partial charge in [0.1, 0.15) is 0 Å². The molecule has 3 nitrogen and oxygen atoms in total. The number of thiophene rings is 1. The lowest BCUT2D eigenvalue weighted by molar-refractivity contribution is 0.779. The predicted molar refractivity (Wildman–Crippen MR) is 70.8 cm³/mol. The van der Waals surface area contributed by atoms with Gasteiger partial charge >= 0.3 is 0 Å². The van der Waals surface area contributed by atoms with Gasteiger partial charge in [0, 0.05) is 18.4 Å². The quantitative estimate of drug-likeness (QED) is 0.940. The molecule has 16 heavy (non-hydrogen) atoms. The molecule has 84 valence electrons. The highest BCUT2D eigenvalue weighted by Gasteiger charge is 2.05. The summed E-state index contributed by atoms with van der Waals surface area (Å²) in [6, 6.07) is 2.47. The molecule has 0 aromatic carbocycles. The first-order valence-corrected chi connectivity index (χ1v) is 6.73. The number of aromatic nitrogens is 2. The molecule has 0 saturated heterocycles. The zero-order chi connectivity index (χ0) is 11.4. The Morgan fingerprint density at radius 1 is 1.44 bits per heavy atom. The second-order valence-corrected chi connectivity index (χ2v) is 5.30. The zero-order valence-corrected chi connectivity index (χ0v) is 11.3. The molecule has 0 radical (unpaired) electrons. The highest BCUT2D eigenvalue weighted by molar-refractivity contribution is 9.10. The van der Waals surface area contributed by atoms with Crippen LogP contribution in [-0.4, -0.2) is 16.0 Å². The first-order chi connectivity index (χ1) is 7.74. The van der Waals surface area contributed by atoms with Gasteiger partial charge in [0.05, 0.1) is 4.47 Å². The summed E-state index contributed by atoms with van der Waals surface area (Å²) in [5.74, 6) is 0.672. The van der Waals surface area contributed by atoms with Gasteiger partial charge in [-0.25, -0.2) is 9.97 Å². The smallest absolute Gasteiger partial charge is 0.222 e. The number of nitrogens with zero attached hydrogens (tertiary/aromatic N) is 2. The van der Waals surface area contributed by atoms with Gasteiger partial charge in [0.15, 0.2) is 0 Å². The number of rotatable bonds is 4. The van der Waals surface area contributed by atoms with Crippen LogP contribution < -0.4 is 5.32 Å². The average molecular weight is 298 g/mol. The first kappa shape index (κ1) is 11.5. The maximum atomic E-state index is 4.18. The van der Waals surface area contributed by atoms with Gasteiger partial charge in [-0.1, -0.05) is 0 Å². The van der Waals surface area contributed by atoms with Crippen LogP contribution in [0.5, 0.6) is 0 Å². The molecular weight excluding hydrogens is 286 g/mol. The minimum absolute atomic E-state index is 0.329. The number of anilines is 1. The van der Waals surface area contributed by atoms with E-state index in [1.54, 1.807) is 23.7 Å². The van der Waals surface area contributed by atoms with Gasteiger partial charge < -0.3 is 5.32 Å². The van der Waals surface area contributed by atoms with Gasteiger partial charge in [-0.2, -0.15) is 11.3 Å².